The highest BCUT2D eigenvalue weighted by Gasteiger charge is 2.27. The Bertz CT molecular complexity index is 1080. The van der Waals surface area contributed by atoms with Crippen LogP contribution in [0.3, 0.4) is 0 Å². The molecule has 0 N–H and O–H groups in total. The highest BCUT2D eigenvalue weighted by atomic mass is 35.5. The van der Waals surface area contributed by atoms with Crippen molar-refractivity contribution in [2.75, 3.05) is 13.1 Å². The van der Waals surface area contributed by atoms with Gasteiger partial charge in [0.25, 0.3) is 11.6 Å². The van der Waals surface area contributed by atoms with Gasteiger partial charge in [-0.2, -0.15) is 5.10 Å². The van der Waals surface area contributed by atoms with E-state index in [4.69, 9.17) is 16.3 Å². The second kappa shape index (κ2) is 8.00. The van der Waals surface area contributed by atoms with Crippen molar-refractivity contribution in [2.24, 2.45) is 0 Å². The number of rotatable bonds is 4. The molecule has 1 saturated heterocycles. The molecular formula is C20H17ClN4O4. The number of carbonyl (C=O) groups excluding carboxylic acids is 1. The SMILES string of the molecule is O=C(c1ccc(Cl)c([N+](=O)[O-])c1)N1CCC(Oc2nncc3ccccc23)CC1. The first-order valence-corrected chi connectivity index (χ1v) is 9.51. The van der Waals surface area contributed by atoms with Crippen LogP contribution in [-0.4, -0.2) is 45.1 Å². The van der Waals surface area contributed by atoms with Crippen LogP contribution < -0.4 is 4.74 Å². The van der Waals surface area contributed by atoms with Gasteiger partial charge in [0.2, 0.25) is 5.88 Å². The van der Waals surface area contributed by atoms with E-state index >= 15 is 0 Å². The molecule has 0 bridgehead atoms. The maximum Gasteiger partial charge on any atom is 0.288 e. The van der Waals surface area contributed by atoms with Crippen LogP contribution in [0.2, 0.25) is 5.02 Å². The average molecular weight is 413 g/mol. The number of nitrogens with zero attached hydrogens (tertiary/aromatic N) is 4. The number of piperidine rings is 1. The van der Waals surface area contributed by atoms with Gasteiger partial charge in [-0.25, -0.2) is 0 Å². The molecule has 1 aliphatic heterocycles. The van der Waals surface area contributed by atoms with Gasteiger partial charge < -0.3 is 9.64 Å². The number of hydrogen-bond donors (Lipinski definition) is 0. The van der Waals surface area contributed by atoms with Crippen molar-refractivity contribution in [1.82, 2.24) is 15.1 Å². The Hall–Kier alpha value is -3.26. The molecule has 0 atom stereocenters. The number of carbonyl (C=O) groups is 1. The molecule has 8 nitrogen and oxygen atoms in total. The molecule has 1 fully saturated rings. The Labute approximate surface area is 171 Å². The number of hydrogen-bond acceptors (Lipinski definition) is 6. The Morgan fingerprint density at radius 1 is 1.21 bits per heavy atom. The van der Waals surface area contributed by atoms with Gasteiger partial charge in [-0.05, 0) is 18.2 Å². The van der Waals surface area contributed by atoms with Crippen LogP contribution in [0.5, 0.6) is 5.88 Å². The lowest BCUT2D eigenvalue weighted by atomic mass is 10.1. The van der Waals surface area contributed by atoms with Crippen LogP contribution in [-0.2, 0) is 0 Å². The largest absolute Gasteiger partial charge is 0.473 e. The minimum absolute atomic E-state index is 0.00913. The molecule has 148 valence electrons. The van der Waals surface area contributed by atoms with E-state index < -0.39 is 4.92 Å². The predicted molar refractivity (Wildman–Crippen MR) is 107 cm³/mol. The molecule has 0 saturated carbocycles. The summed E-state index contributed by atoms with van der Waals surface area (Å²) in [6, 6.07) is 11.8. The molecule has 1 amide bonds. The lowest BCUT2D eigenvalue weighted by molar-refractivity contribution is -0.384. The molecule has 1 aromatic heterocycles. The molecular weight excluding hydrogens is 396 g/mol. The zero-order chi connectivity index (χ0) is 20.4. The Morgan fingerprint density at radius 2 is 1.97 bits per heavy atom. The molecule has 0 spiro atoms. The van der Waals surface area contributed by atoms with Gasteiger partial charge in [0.15, 0.2) is 0 Å². The van der Waals surface area contributed by atoms with Crippen LogP contribution in [0, 0.1) is 10.1 Å². The maximum atomic E-state index is 12.7. The summed E-state index contributed by atoms with van der Waals surface area (Å²) in [6.07, 6.45) is 2.87. The molecule has 29 heavy (non-hydrogen) atoms. The summed E-state index contributed by atoms with van der Waals surface area (Å²) in [7, 11) is 0. The molecule has 1 aliphatic rings. The van der Waals surface area contributed by atoms with Crippen molar-refractivity contribution in [3.63, 3.8) is 0 Å². The fourth-order valence-corrected chi connectivity index (χ4v) is 3.58. The lowest BCUT2D eigenvalue weighted by Crippen LogP contribution is -2.41. The number of likely N-dealkylation sites (tertiary alicyclic amines) is 1. The van der Waals surface area contributed by atoms with Gasteiger partial charge >= 0.3 is 0 Å². The van der Waals surface area contributed by atoms with Gasteiger partial charge in [0.05, 0.1) is 11.1 Å². The van der Waals surface area contributed by atoms with E-state index in [9.17, 15) is 14.9 Å². The second-order valence-electron chi connectivity index (χ2n) is 6.77. The molecule has 9 heteroatoms. The summed E-state index contributed by atoms with van der Waals surface area (Å²) in [5.41, 5.74) is -0.0225. The topological polar surface area (TPSA) is 98.5 Å². The molecule has 0 unspecified atom stereocenters. The number of nitro benzene ring substituents is 1. The van der Waals surface area contributed by atoms with Gasteiger partial charge in [0, 0.05) is 48.3 Å². The molecule has 3 aromatic rings. The quantitative estimate of drug-likeness (QED) is 0.476. The van der Waals surface area contributed by atoms with E-state index in [0.29, 0.717) is 31.8 Å². The van der Waals surface area contributed by atoms with Crippen LogP contribution in [0.1, 0.15) is 23.2 Å². The van der Waals surface area contributed by atoms with Crippen LogP contribution in [0.25, 0.3) is 10.8 Å². The molecule has 2 aromatic carbocycles. The summed E-state index contributed by atoms with van der Waals surface area (Å²) in [5.74, 6) is 0.231. The van der Waals surface area contributed by atoms with Crippen molar-refractivity contribution in [3.05, 3.63) is 69.4 Å². The molecule has 2 heterocycles. The fraction of sp³-hybridized carbons (Fsp3) is 0.250. The van der Waals surface area contributed by atoms with Crippen molar-refractivity contribution in [1.29, 1.82) is 0 Å². The Morgan fingerprint density at radius 3 is 2.72 bits per heavy atom. The minimum Gasteiger partial charge on any atom is -0.473 e. The zero-order valence-electron chi connectivity index (χ0n) is 15.3. The van der Waals surface area contributed by atoms with Gasteiger partial charge in [-0.3, -0.25) is 14.9 Å². The third-order valence-corrected chi connectivity index (χ3v) is 5.25. The lowest BCUT2D eigenvalue weighted by Gasteiger charge is -2.32. The summed E-state index contributed by atoms with van der Waals surface area (Å²) in [6.45, 7) is 0.968. The van der Waals surface area contributed by atoms with E-state index in [0.717, 1.165) is 10.8 Å². The van der Waals surface area contributed by atoms with Crippen LogP contribution in [0.4, 0.5) is 5.69 Å². The molecule has 0 aliphatic carbocycles. The summed E-state index contributed by atoms with van der Waals surface area (Å²) < 4.78 is 6.05. The number of fused-ring (bicyclic) bond motifs is 1. The number of amides is 1. The van der Waals surface area contributed by atoms with E-state index in [-0.39, 0.29) is 28.3 Å². The number of halogens is 1. The highest BCUT2D eigenvalue weighted by Crippen LogP contribution is 2.28. The summed E-state index contributed by atoms with van der Waals surface area (Å²) in [4.78, 5) is 24.8. The monoisotopic (exact) mass is 412 g/mol. The first kappa shape index (κ1) is 19.1. The second-order valence-corrected chi connectivity index (χ2v) is 7.18. The summed E-state index contributed by atoms with van der Waals surface area (Å²) >= 11 is 5.83. The average Bonchev–Trinajstić information content (AvgIpc) is 2.74. The summed E-state index contributed by atoms with van der Waals surface area (Å²) in [5, 5.41) is 21.0. The van der Waals surface area contributed by atoms with Crippen LogP contribution >= 0.6 is 11.6 Å². The van der Waals surface area contributed by atoms with E-state index in [1.165, 1.54) is 18.2 Å². The molecule has 0 radical (unpaired) electrons. The zero-order valence-corrected chi connectivity index (χ0v) is 16.1. The fourth-order valence-electron chi connectivity index (χ4n) is 3.39. The highest BCUT2D eigenvalue weighted by molar-refractivity contribution is 6.32. The Balaban J connectivity index is 1.42. The van der Waals surface area contributed by atoms with Crippen molar-refractivity contribution < 1.29 is 14.5 Å². The number of benzene rings is 2. The molecule has 4 rings (SSSR count). The maximum absolute atomic E-state index is 12.7. The minimum atomic E-state index is -0.593. The van der Waals surface area contributed by atoms with Crippen molar-refractivity contribution >= 4 is 34.0 Å². The van der Waals surface area contributed by atoms with Gasteiger partial charge in [-0.15, -0.1) is 5.10 Å². The van der Waals surface area contributed by atoms with Crippen molar-refractivity contribution in [3.8, 4) is 5.88 Å². The van der Waals surface area contributed by atoms with Crippen LogP contribution in [0.15, 0.2) is 48.7 Å². The first-order valence-electron chi connectivity index (χ1n) is 9.13. The number of nitro groups is 1. The smallest absolute Gasteiger partial charge is 0.288 e. The van der Waals surface area contributed by atoms with Gasteiger partial charge in [-0.1, -0.05) is 29.8 Å². The van der Waals surface area contributed by atoms with E-state index in [1.807, 2.05) is 24.3 Å². The third kappa shape index (κ3) is 3.97. The number of aromatic nitrogens is 2. The Kier molecular flexibility index (Phi) is 5.26. The third-order valence-electron chi connectivity index (χ3n) is 4.93. The predicted octanol–water partition coefficient (Wildman–Crippen LogP) is 3.88. The van der Waals surface area contributed by atoms with E-state index in [1.54, 1.807) is 11.1 Å². The van der Waals surface area contributed by atoms with E-state index in [2.05, 4.69) is 10.2 Å². The van der Waals surface area contributed by atoms with Crippen molar-refractivity contribution in [2.45, 2.75) is 18.9 Å². The normalized spacial score (nSPS) is 14.7. The van der Waals surface area contributed by atoms with Gasteiger partial charge in [0.1, 0.15) is 11.1 Å². The number of ether oxygens (including phenoxy) is 1. The standard InChI is InChI=1S/C20H17ClN4O4/c21-17-6-5-13(11-18(17)25(27)28)20(26)24-9-7-15(8-10-24)29-19-16-4-2-1-3-14(16)12-22-23-19/h1-6,11-12,15H,7-10H2. The first-order chi connectivity index (χ1) is 14.0.